The summed E-state index contributed by atoms with van der Waals surface area (Å²) in [4.78, 5) is 12.9. The Kier molecular flexibility index (Phi) is 41.1. The Balaban J connectivity index is 2.07. The van der Waals surface area contributed by atoms with E-state index in [-0.39, 0.29) is 12.5 Å². The number of unbranched alkanes of at least 4 members (excludes halogenated alkanes) is 13. The minimum atomic E-state index is -1.56. The molecule has 9 heteroatoms. The zero-order valence-electron chi connectivity index (χ0n) is 40.7. The van der Waals surface area contributed by atoms with Crippen LogP contribution >= 0.6 is 0 Å². The molecule has 1 rings (SSSR count). The summed E-state index contributed by atoms with van der Waals surface area (Å²) in [6.07, 6.45) is 58.8. The first-order valence-electron chi connectivity index (χ1n) is 25.6. The third kappa shape index (κ3) is 34.8. The van der Waals surface area contributed by atoms with Crippen molar-refractivity contribution in [2.24, 2.45) is 0 Å². The number of allylic oxidation sites excluding steroid dienone is 18. The molecule has 1 aliphatic heterocycles. The fourth-order valence-corrected chi connectivity index (χ4v) is 7.33. The Hall–Kier alpha value is -3.15. The van der Waals surface area contributed by atoms with E-state index in [1.165, 1.54) is 32.1 Å². The number of nitrogens with one attached hydrogen (secondary N) is 1. The predicted molar refractivity (Wildman–Crippen MR) is 271 cm³/mol. The van der Waals surface area contributed by atoms with Crippen molar-refractivity contribution in [2.75, 3.05) is 13.2 Å². The summed E-state index contributed by atoms with van der Waals surface area (Å²) in [7, 11) is 0. The van der Waals surface area contributed by atoms with Crippen molar-refractivity contribution >= 4 is 5.91 Å². The van der Waals surface area contributed by atoms with Crippen LogP contribution in [-0.4, -0.2) is 87.5 Å². The summed E-state index contributed by atoms with van der Waals surface area (Å²) in [6, 6.07) is -0.725. The number of aliphatic hydroxyl groups is 5. The van der Waals surface area contributed by atoms with Gasteiger partial charge in [-0.1, -0.05) is 200 Å². The van der Waals surface area contributed by atoms with Crippen molar-refractivity contribution < 1.29 is 39.8 Å². The summed E-state index contributed by atoms with van der Waals surface area (Å²) in [5.74, 6) is -0.164. The van der Waals surface area contributed by atoms with E-state index in [0.29, 0.717) is 12.8 Å². The molecule has 0 aromatic carbocycles. The fraction of sp³-hybridized carbons (Fsp3) is 0.661. The van der Waals surface area contributed by atoms with Gasteiger partial charge in [0, 0.05) is 6.42 Å². The smallest absolute Gasteiger partial charge is 0.220 e. The van der Waals surface area contributed by atoms with Gasteiger partial charge >= 0.3 is 0 Å². The van der Waals surface area contributed by atoms with Gasteiger partial charge in [0.05, 0.1) is 25.4 Å². The summed E-state index contributed by atoms with van der Waals surface area (Å²) < 4.78 is 11.2. The first-order chi connectivity index (χ1) is 31.8. The molecule has 65 heavy (non-hydrogen) atoms. The van der Waals surface area contributed by atoms with Gasteiger partial charge in [0.1, 0.15) is 24.4 Å². The molecular formula is C56H93NO8. The van der Waals surface area contributed by atoms with E-state index < -0.39 is 49.5 Å². The Bertz CT molecular complexity index is 1380. The van der Waals surface area contributed by atoms with Gasteiger partial charge < -0.3 is 40.3 Å². The molecule has 1 amide bonds. The van der Waals surface area contributed by atoms with Gasteiger partial charge in [-0.3, -0.25) is 4.79 Å². The van der Waals surface area contributed by atoms with Crippen LogP contribution in [0.15, 0.2) is 109 Å². The second-order valence-electron chi connectivity index (χ2n) is 17.2. The number of aliphatic hydroxyl groups excluding tert-OH is 5. The molecule has 1 aliphatic rings. The Morgan fingerprint density at radius 1 is 0.538 bits per heavy atom. The maximum Gasteiger partial charge on any atom is 0.220 e. The molecule has 370 valence electrons. The summed E-state index contributed by atoms with van der Waals surface area (Å²) in [6.45, 7) is 3.60. The third-order valence-corrected chi connectivity index (χ3v) is 11.4. The van der Waals surface area contributed by atoms with Crippen molar-refractivity contribution in [1.82, 2.24) is 5.32 Å². The molecule has 0 aliphatic carbocycles. The second-order valence-corrected chi connectivity index (χ2v) is 17.2. The van der Waals surface area contributed by atoms with E-state index in [2.05, 4.69) is 129 Å². The van der Waals surface area contributed by atoms with Crippen LogP contribution in [-0.2, 0) is 14.3 Å². The van der Waals surface area contributed by atoms with E-state index in [4.69, 9.17) is 9.47 Å². The van der Waals surface area contributed by atoms with E-state index in [1.54, 1.807) is 0 Å². The number of ether oxygens (including phenoxy) is 2. The van der Waals surface area contributed by atoms with Gasteiger partial charge in [0.25, 0.3) is 0 Å². The van der Waals surface area contributed by atoms with Crippen LogP contribution in [0.3, 0.4) is 0 Å². The van der Waals surface area contributed by atoms with Crippen molar-refractivity contribution in [3.63, 3.8) is 0 Å². The summed E-state index contributed by atoms with van der Waals surface area (Å²) in [5, 5.41) is 53.9. The van der Waals surface area contributed by atoms with Gasteiger partial charge in [-0.25, -0.2) is 0 Å². The predicted octanol–water partition coefficient (Wildman–Crippen LogP) is 11.8. The normalized spacial score (nSPS) is 20.9. The molecule has 0 aromatic heterocycles. The first-order valence-corrected chi connectivity index (χ1v) is 25.6. The van der Waals surface area contributed by atoms with Crippen LogP contribution in [0.2, 0.25) is 0 Å². The van der Waals surface area contributed by atoms with E-state index >= 15 is 0 Å². The molecule has 0 bridgehead atoms. The minimum absolute atomic E-state index is 0.149. The number of hydrogen-bond donors (Lipinski definition) is 6. The topological polar surface area (TPSA) is 149 Å². The van der Waals surface area contributed by atoms with Crippen molar-refractivity contribution in [2.45, 2.75) is 224 Å². The lowest BCUT2D eigenvalue weighted by molar-refractivity contribution is -0.302. The highest BCUT2D eigenvalue weighted by Gasteiger charge is 2.44. The molecule has 0 saturated carbocycles. The molecule has 6 N–H and O–H groups in total. The lowest BCUT2D eigenvalue weighted by atomic mass is 9.99. The summed E-state index contributed by atoms with van der Waals surface area (Å²) in [5.41, 5.74) is 0. The van der Waals surface area contributed by atoms with Gasteiger partial charge in [0.15, 0.2) is 6.29 Å². The highest BCUT2D eigenvalue weighted by atomic mass is 16.7. The van der Waals surface area contributed by atoms with Crippen LogP contribution in [0.1, 0.15) is 181 Å². The summed E-state index contributed by atoms with van der Waals surface area (Å²) >= 11 is 0. The maximum absolute atomic E-state index is 12.9. The van der Waals surface area contributed by atoms with Gasteiger partial charge in [0.2, 0.25) is 5.91 Å². The number of rotatable bonds is 41. The first kappa shape index (κ1) is 59.9. The highest BCUT2D eigenvalue weighted by Crippen LogP contribution is 2.23. The van der Waals surface area contributed by atoms with Crippen LogP contribution in [0.25, 0.3) is 0 Å². The molecular weight excluding hydrogens is 815 g/mol. The zero-order valence-corrected chi connectivity index (χ0v) is 40.7. The average Bonchev–Trinajstić information content (AvgIpc) is 3.31. The van der Waals surface area contributed by atoms with E-state index in [9.17, 15) is 30.3 Å². The second kappa shape index (κ2) is 44.7. The van der Waals surface area contributed by atoms with Crippen molar-refractivity contribution in [3.8, 4) is 0 Å². The Labute approximate surface area is 396 Å². The maximum atomic E-state index is 12.9. The van der Waals surface area contributed by atoms with Crippen LogP contribution in [0, 0.1) is 0 Å². The van der Waals surface area contributed by atoms with Crippen molar-refractivity contribution in [1.29, 1.82) is 0 Å². The molecule has 7 unspecified atom stereocenters. The molecule has 0 radical (unpaired) electrons. The molecule has 7 atom stereocenters. The number of carbonyl (C=O) groups is 1. The number of amides is 1. The van der Waals surface area contributed by atoms with Crippen LogP contribution in [0.4, 0.5) is 0 Å². The third-order valence-electron chi connectivity index (χ3n) is 11.4. The standard InChI is InChI=1S/C56H93NO8/c1-3-5-7-9-10-11-12-13-14-15-16-17-18-19-20-21-22-23-24-25-26-27-28-29-30-31-32-33-34-35-36-37-38-39-40-42-44-46-52(60)57-49(50(59)45-43-41-8-6-4-2)48-64-56-55(63)54(62)53(61)51(47-58)65-56/h5,7,10-11,13-14,16-17,19-20,22-23,25-26,28-29,31-32,49-51,53-56,58-59,61-63H,3-4,6,8-9,12,15,18,21,24,27,30,33-48H2,1-2H3,(H,57,60)/b7-5-,11-10-,14-13-,17-16-,20-19-,23-22-,26-25-,29-28-,32-31-. The SMILES string of the molecule is CC/C=C\C/C=C\C/C=C\C/C=C\C/C=C\C/C=C\C/C=C\C/C=C\C/C=C\CCCCCCCCCCCC(=O)NC(COC1OC(CO)C(O)C(O)C1O)C(O)CCCCCCC. The molecule has 9 nitrogen and oxygen atoms in total. The van der Waals surface area contributed by atoms with Crippen LogP contribution < -0.4 is 5.32 Å². The lowest BCUT2D eigenvalue weighted by Crippen LogP contribution is -2.60. The number of hydrogen-bond acceptors (Lipinski definition) is 8. The van der Waals surface area contributed by atoms with E-state index in [0.717, 1.165) is 122 Å². The average molecular weight is 908 g/mol. The zero-order chi connectivity index (χ0) is 47.3. The van der Waals surface area contributed by atoms with E-state index in [1.807, 2.05) is 0 Å². The van der Waals surface area contributed by atoms with Gasteiger partial charge in [-0.05, 0) is 83.5 Å². The molecule has 1 saturated heterocycles. The van der Waals surface area contributed by atoms with Crippen molar-refractivity contribution in [3.05, 3.63) is 109 Å². The lowest BCUT2D eigenvalue weighted by Gasteiger charge is -2.40. The Morgan fingerprint density at radius 2 is 0.954 bits per heavy atom. The highest BCUT2D eigenvalue weighted by molar-refractivity contribution is 5.76. The molecule has 1 fully saturated rings. The molecule has 0 aromatic rings. The monoisotopic (exact) mass is 908 g/mol. The van der Waals surface area contributed by atoms with Crippen LogP contribution in [0.5, 0.6) is 0 Å². The Morgan fingerprint density at radius 3 is 1.42 bits per heavy atom. The fourth-order valence-electron chi connectivity index (χ4n) is 7.33. The number of carbonyl (C=O) groups excluding carboxylic acids is 1. The molecule has 1 heterocycles. The quantitative estimate of drug-likeness (QED) is 0.0262. The van der Waals surface area contributed by atoms with Gasteiger partial charge in [-0.2, -0.15) is 0 Å². The van der Waals surface area contributed by atoms with Gasteiger partial charge in [-0.15, -0.1) is 0 Å². The molecule has 0 spiro atoms. The minimum Gasteiger partial charge on any atom is -0.394 e. The largest absolute Gasteiger partial charge is 0.394 e.